The first-order valence-electron chi connectivity index (χ1n) is 6.94. The molecule has 0 aromatic heterocycles. The molecule has 0 radical (unpaired) electrons. The van der Waals surface area contributed by atoms with E-state index in [2.05, 4.69) is 17.4 Å². The van der Waals surface area contributed by atoms with Gasteiger partial charge < -0.3 is 15.2 Å². The average Bonchev–Trinajstić information content (AvgIpc) is 2.41. The molecule has 3 atom stereocenters. The number of hydrogen-bond acceptors (Lipinski definition) is 3. The molecular weight excluding hydrogens is 226 g/mol. The van der Waals surface area contributed by atoms with E-state index in [4.69, 9.17) is 4.74 Å². The maximum atomic E-state index is 10.9. The molecule has 0 unspecified atom stereocenters. The van der Waals surface area contributed by atoms with Crippen LogP contribution in [0.1, 0.15) is 32.1 Å². The Morgan fingerprint density at radius 3 is 2.83 bits per heavy atom. The van der Waals surface area contributed by atoms with Crippen molar-refractivity contribution in [2.75, 3.05) is 11.9 Å². The molecule has 1 heterocycles. The maximum absolute atomic E-state index is 10.9. The van der Waals surface area contributed by atoms with Gasteiger partial charge in [-0.05, 0) is 44.2 Å². The quantitative estimate of drug-likeness (QED) is 0.844. The van der Waals surface area contributed by atoms with Crippen LogP contribution in [0.2, 0.25) is 0 Å². The first-order valence-corrected chi connectivity index (χ1v) is 6.94. The maximum Gasteiger partial charge on any atom is 0.111 e. The van der Waals surface area contributed by atoms with Crippen LogP contribution in [0.5, 0.6) is 0 Å². The number of benzene rings is 1. The summed E-state index contributed by atoms with van der Waals surface area (Å²) in [4.78, 5) is 0. The summed E-state index contributed by atoms with van der Waals surface area (Å²) in [5.41, 5.74) is 0.397. The minimum absolute atomic E-state index is 0.0150. The lowest BCUT2D eigenvalue weighted by molar-refractivity contribution is -0.168. The summed E-state index contributed by atoms with van der Waals surface area (Å²) < 4.78 is 5.76. The number of anilines is 1. The molecule has 1 aliphatic heterocycles. The third-order valence-corrected chi connectivity index (χ3v) is 4.28. The summed E-state index contributed by atoms with van der Waals surface area (Å²) in [6.07, 6.45) is 4.95. The normalized spacial score (nSPS) is 35.8. The molecule has 1 saturated carbocycles. The Bertz CT molecular complexity index is 393. The van der Waals surface area contributed by atoms with Crippen molar-refractivity contribution in [1.82, 2.24) is 0 Å². The zero-order valence-electron chi connectivity index (χ0n) is 10.6. The van der Waals surface area contributed by atoms with E-state index in [9.17, 15) is 5.11 Å². The highest BCUT2D eigenvalue weighted by Gasteiger charge is 2.48. The van der Waals surface area contributed by atoms with Crippen molar-refractivity contribution in [2.24, 2.45) is 0 Å². The molecule has 3 rings (SSSR count). The van der Waals surface area contributed by atoms with Crippen molar-refractivity contribution >= 4 is 5.69 Å². The predicted octanol–water partition coefficient (Wildman–Crippen LogP) is 2.56. The van der Waals surface area contributed by atoms with E-state index in [0.29, 0.717) is 0 Å². The van der Waals surface area contributed by atoms with Gasteiger partial charge in [-0.25, -0.2) is 0 Å². The average molecular weight is 247 g/mol. The van der Waals surface area contributed by atoms with Crippen LogP contribution in [0.15, 0.2) is 30.3 Å². The third-order valence-electron chi connectivity index (χ3n) is 4.28. The van der Waals surface area contributed by atoms with Gasteiger partial charge in [0, 0.05) is 12.3 Å². The van der Waals surface area contributed by atoms with Gasteiger partial charge in [0.15, 0.2) is 0 Å². The molecule has 3 heteroatoms. The van der Waals surface area contributed by atoms with Crippen molar-refractivity contribution in [1.29, 1.82) is 0 Å². The summed E-state index contributed by atoms with van der Waals surface area (Å²) in [5.74, 6) is 0. The molecule has 2 aliphatic rings. The number of aliphatic hydroxyl groups is 1. The first kappa shape index (κ1) is 12.0. The van der Waals surface area contributed by atoms with Crippen LogP contribution in [0.4, 0.5) is 5.69 Å². The van der Waals surface area contributed by atoms with Gasteiger partial charge in [0.1, 0.15) is 5.60 Å². The van der Waals surface area contributed by atoms with Gasteiger partial charge in [0.2, 0.25) is 0 Å². The van der Waals surface area contributed by atoms with Crippen molar-refractivity contribution in [2.45, 2.75) is 49.9 Å². The predicted molar refractivity (Wildman–Crippen MR) is 71.6 cm³/mol. The van der Waals surface area contributed by atoms with Crippen LogP contribution in [-0.4, -0.2) is 29.5 Å². The lowest BCUT2D eigenvalue weighted by atomic mass is 9.74. The van der Waals surface area contributed by atoms with Crippen LogP contribution in [-0.2, 0) is 4.74 Å². The van der Waals surface area contributed by atoms with E-state index in [1.54, 1.807) is 0 Å². The van der Waals surface area contributed by atoms with Crippen LogP contribution < -0.4 is 5.32 Å². The summed E-state index contributed by atoms with van der Waals surface area (Å²) in [7, 11) is 0. The SMILES string of the molecule is O[C@]12CCCO[C@@H]1CCC[C@H]2Nc1ccccc1. The van der Waals surface area contributed by atoms with Crippen molar-refractivity contribution in [3.63, 3.8) is 0 Å². The highest BCUT2D eigenvalue weighted by Crippen LogP contribution is 2.38. The van der Waals surface area contributed by atoms with Gasteiger partial charge in [0.25, 0.3) is 0 Å². The fourth-order valence-corrected chi connectivity index (χ4v) is 3.31. The summed E-state index contributed by atoms with van der Waals surface area (Å²) in [6.45, 7) is 0.797. The fourth-order valence-electron chi connectivity index (χ4n) is 3.31. The Labute approximate surface area is 108 Å². The second-order valence-corrected chi connectivity index (χ2v) is 5.45. The topological polar surface area (TPSA) is 41.5 Å². The van der Waals surface area contributed by atoms with Crippen LogP contribution in [0.3, 0.4) is 0 Å². The number of nitrogens with one attached hydrogen (secondary N) is 1. The van der Waals surface area contributed by atoms with E-state index in [0.717, 1.165) is 44.4 Å². The first-order chi connectivity index (χ1) is 8.79. The van der Waals surface area contributed by atoms with Gasteiger partial charge in [-0.15, -0.1) is 0 Å². The molecule has 98 valence electrons. The lowest BCUT2D eigenvalue weighted by Crippen LogP contribution is -2.60. The molecule has 1 aromatic rings. The number of fused-ring (bicyclic) bond motifs is 1. The molecule has 2 N–H and O–H groups in total. The summed E-state index contributed by atoms with van der Waals surface area (Å²) >= 11 is 0. The Morgan fingerprint density at radius 2 is 2.00 bits per heavy atom. The standard InChI is InChI=1S/C15H21NO2/c17-15-10-5-11-18-14(15)9-4-8-13(15)16-12-6-2-1-3-7-12/h1-3,6-7,13-14,16-17H,4-5,8-11H2/t13-,14-,15+/m1/s1. The van der Waals surface area contributed by atoms with E-state index in [1.807, 2.05) is 18.2 Å². The zero-order valence-corrected chi connectivity index (χ0v) is 10.6. The Hall–Kier alpha value is -1.06. The molecule has 0 amide bonds. The minimum atomic E-state index is -0.688. The number of hydrogen-bond donors (Lipinski definition) is 2. The molecular formula is C15H21NO2. The monoisotopic (exact) mass is 247 g/mol. The van der Waals surface area contributed by atoms with Crippen molar-refractivity contribution < 1.29 is 9.84 Å². The largest absolute Gasteiger partial charge is 0.385 e. The highest BCUT2D eigenvalue weighted by molar-refractivity contribution is 5.44. The third kappa shape index (κ3) is 2.13. The molecule has 1 saturated heterocycles. The molecule has 0 spiro atoms. The van der Waals surface area contributed by atoms with Crippen molar-refractivity contribution in [3.8, 4) is 0 Å². The van der Waals surface area contributed by atoms with Crippen LogP contribution in [0.25, 0.3) is 0 Å². The number of ether oxygens (including phenoxy) is 1. The van der Waals surface area contributed by atoms with Crippen molar-refractivity contribution in [3.05, 3.63) is 30.3 Å². The van der Waals surface area contributed by atoms with Crippen LogP contribution in [0, 0.1) is 0 Å². The molecule has 18 heavy (non-hydrogen) atoms. The molecule has 1 aliphatic carbocycles. The Kier molecular flexibility index (Phi) is 3.27. The number of rotatable bonds is 2. The molecule has 0 bridgehead atoms. The van der Waals surface area contributed by atoms with Gasteiger partial charge in [-0.3, -0.25) is 0 Å². The van der Waals surface area contributed by atoms with Gasteiger partial charge in [-0.2, -0.15) is 0 Å². The van der Waals surface area contributed by atoms with Crippen LogP contribution >= 0.6 is 0 Å². The fraction of sp³-hybridized carbons (Fsp3) is 0.600. The second-order valence-electron chi connectivity index (χ2n) is 5.45. The molecule has 3 nitrogen and oxygen atoms in total. The van der Waals surface area contributed by atoms with Gasteiger partial charge >= 0.3 is 0 Å². The zero-order chi connectivity index (χ0) is 12.4. The highest BCUT2D eigenvalue weighted by atomic mass is 16.5. The Morgan fingerprint density at radius 1 is 1.17 bits per heavy atom. The van der Waals surface area contributed by atoms with Gasteiger partial charge in [0.05, 0.1) is 12.1 Å². The Balaban J connectivity index is 1.78. The number of para-hydroxylation sites is 1. The molecule has 2 fully saturated rings. The van der Waals surface area contributed by atoms with E-state index >= 15 is 0 Å². The smallest absolute Gasteiger partial charge is 0.111 e. The van der Waals surface area contributed by atoms with Gasteiger partial charge in [-0.1, -0.05) is 18.2 Å². The summed E-state index contributed by atoms with van der Waals surface area (Å²) in [6, 6.07) is 10.3. The minimum Gasteiger partial charge on any atom is -0.385 e. The summed E-state index contributed by atoms with van der Waals surface area (Å²) in [5, 5.41) is 14.4. The van der Waals surface area contributed by atoms with E-state index in [-0.39, 0.29) is 12.1 Å². The molecule has 1 aromatic carbocycles. The lowest BCUT2D eigenvalue weighted by Gasteiger charge is -2.48. The van der Waals surface area contributed by atoms with E-state index < -0.39 is 5.60 Å². The second kappa shape index (κ2) is 4.90. The van der Waals surface area contributed by atoms with E-state index in [1.165, 1.54) is 0 Å².